The Balaban J connectivity index is 1.52. The Morgan fingerprint density at radius 2 is 1.64 bits per heavy atom. The van der Waals surface area contributed by atoms with Crippen molar-refractivity contribution in [2.45, 2.75) is 30.2 Å². The number of benzene rings is 3. The second-order valence-corrected chi connectivity index (χ2v) is 8.89. The first-order chi connectivity index (χ1) is 13.5. The van der Waals surface area contributed by atoms with Gasteiger partial charge >= 0.3 is 0 Å². The van der Waals surface area contributed by atoms with Gasteiger partial charge in [-0.25, -0.2) is 13.1 Å². The van der Waals surface area contributed by atoms with Crippen molar-refractivity contribution in [1.29, 1.82) is 0 Å². The van der Waals surface area contributed by atoms with Crippen molar-refractivity contribution < 1.29 is 13.2 Å². The largest absolute Gasteiger partial charge is 0.456 e. The lowest BCUT2D eigenvalue weighted by Crippen LogP contribution is -2.31. The quantitative estimate of drug-likeness (QED) is 0.601. The monoisotopic (exact) mass is 413 g/mol. The third kappa shape index (κ3) is 4.07. The number of rotatable bonds is 5. The molecule has 4 rings (SSSR count). The Bertz CT molecular complexity index is 1080. The van der Waals surface area contributed by atoms with Crippen molar-refractivity contribution in [1.82, 2.24) is 4.72 Å². The Kier molecular flexibility index (Phi) is 5.40. The summed E-state index contributed by atoms with van der Waals surface area (Å²) in [6, 6.07) is 21.3. The molecule has 0 aliphatic heterocycles. The summed E-state index contributed by atoms with van der Waals surface area (Å²) in [6.07, 6.45) is 2.75. The van der Waals surface area contributed by atoms with Gasteiger partial charge in [-0.15, -0.1) is 0 Å². The maximum absolute atomic E-state index is 12.9. The zero-order valence-corrected chi connectivity index (χ0v) is 16.7. The summed E-state index contributed by atoms with van der Waals surface area (Å²) < 4.78 is 34.3. The third-order valence-corrected chi connectivity index (χ3v) is 6.67. The fourth-order valence-corrected chi connectivity index (χ4v) is 4.90. The minimum Gasteiger partial charge on any atom is -0.456 e. The van der Waals surface area contributed by atoms with E-state index in [1.807, 2.05) is 30.3 Å². The molecule has 0 spiro atoms. The second-order valence-electron chi connectivity index (χ2n) is 6.77. The fraction of sp³-hybridized carbons (Fsp3) is 0.182. The summed E-state index contributed by atoms with van der Waals surface area (Å²) in [6.45, 7) is 0. The summed E-state index contributed by atoms with van der Waals surface area (Å²) >= 11 is 6.10. The van der Waals surface area contributed by atoms with E-state index in [1.54, 1.807) is 36.4 Å². The first-order valence-electron chi connectivity index (χ1n) is 9.15. The smallest absolute Gasteiger partial charge is 0.241 e. The van der Waals surface area contributed by atoms with Crippen molar-refractivity contribution in [3.63, 3.8) is 0 Å². The predicted molar refractivity (Wildman–Crippen MR) is 110 cm³/mol. The molecule has 1 N–H and O–H groups in total. The van der Waals surface area contributed by atoms with Crippen molar-refractivity contribution in [3.05, 3.63) is 88.9 Å². The predicted octanol–water partition coefficient (Wildman–Crippen LogP) is 5.49. The van der Waals surface area contributed by atoms with Gasteiger partial charge in [-0.1, -0.05) is 48.0 Å². The van der Waals surface area contributed by atoms with Crippen molar-refractivity contribution in [3.8, 4) is 11.5 Å². The maximum Gasteiger partial charge on any atom is 0.241 e. The van der Waals surface area contributed by atoms with Crippen LogP contribution >= 0.6 is 11.6 Å². The Hall–Kier alpha value is -2.34. The van der Waals surface area contributed by atoms with Crippen LogP contribution < -0.4 is 9.46 Å². The van der Waals surface area contributed by atoms with Crippen LogP contribution in [0.3, 0.4) is 0 Å². The van der Waals surface area contributed by atoms with Gasteiger partial charge in [0.15, 0.2) is 0 Å². The minimum atomic E-state index is -3.63. The number of aryl methyl sites for hydroxylation is 1. The molecule has 0 bridgehead atoms. The van der Waals surface area contributed by atoms with E-state index < -0.39 is 10.0 Å². The molecule has 4 nitrogen and oxygen atoms in total. The van der Waals surface area contributed by atoms with E-state index in [9.17, 15) is 8.42 Å². The van der Waals surface area contributed by atoms with Crippen LogP contribution in [0.15, 0.2) is 77.7 Å². The molecule has 0 fully saturated rings. The molecular formula is C22H20ClNO3S. The average Bonchev–Trinajstić information content (AvgIpc) is 2.70. The molecule has 0 radical (unpaired) electrons. The molecule has 0 aromatic heterocycles. The van der Waals surface area contributed by atoms with E-state index in [0.717, 1.165) is 24.8 Å². The SMILES string of the molecule is O=S(=O)(N[C@@H]1CCCc2ccccc21)c1ccc(Oc2ccccc2Cl)cc1. The van der Waals surface area contributed by atoms with Crippen LogP contribution in [0.2, 0.25) is 5.02 Å². The van der Waals surface area contributed by atoms with E-state index in [1.165, 1.54) is 5.56 Å². The Morgan fingerprint density at radius 3 is 2.43 bits per heavy atom. The van der Waals surface area contributed by atoms with Gasteiger partial charge in [-0.2, -0.15) is 0 Å². The van der Waals surface area contributed by atoms with Crippen LogP contribution in [0.1, 0.15) is 30.0 Å². The molecule has 6 heteroatoms. The zero-order chi connectivity index (χ0) is 19.6. The van der Waals surface area contributed by atoms with Crippen LogP contribution in [-0.4, -0.2) is 8.42 Å². The molecule has 144 valence electrons. The number of sulfonamides is 1. The fourth-order valence-electron chi connectivity index (χ4n) is 3.47. The van der Waals surface area contributed by atoms with E-state index >= 15 is 0 Å². The molecule has 28 heavy (non-hydrogen) atoms. The number of halogens is 1. The number of ether oxygens (including phenoxy) is 1. The van der Waals surface area contributed by atoms with Gasteiger partial charge in [0.25, 0.3) is 0 Å². The molecule has 1 aliphatic rings. The topological polar surface area (TPSA) is 55.4 Å². The molecule has 1 aliphatic carbocycles. The lowest BCUT2D eigenvalue weighted by atomic mass is 9.88. The summed E-state index contributed by atoms with van der Waals surface area (Å²) in [7, 11) is -3.63. The van der Waals surface area contributed by atoms with Gasteiger partial charge < -0.3 is 4.74 Å². The Labute approximate surface area is 170 Å². The van der Waals surface area contributed by atoms with Gasteiger partial charge in [0.2, 0.25) is 10.0 Å². The van der Waals surface area contributed by atoms with Crippen LogP contribution in [-0.2, 0) is 16.4 Å². The molecule has 1 atom stereocenters. The van der Waals surface area contributed by atoms with Crippen LogP contribution in [0.25, 0.3) is 0 Å². The highest BCUT2D eigenvalue weighted by molar-refractivity contribution is 7.89. The van der Waals surface area contributed by atoms with Gasteiger partial charge in [-0.05, 0) is 66.8 Å². The van der Waals surface area contributed by atoms with Crippen LogP contribution in [0.4, 0.5) is 0 Å². The van der Waals surface area contributed by atoms with Gasteiger partial charge in [0.05, 0.1) is 9.92 Å². The van der Waals surface area contributed by atoms with E-state index in [2.05, 4.69) is 10.8 Å². The second kappa shape index (κ2) is 7.95. The highest BCUT2D eigenvalue weighted by atomic mass is 35.5. The minimum absolute atomic E-state index is 0.200. The van der Waals surface area contributed by atoms with E-state index in [-0.39, 0.29) is 10.9 Å². The number of nitrogens with one attached hydrogen (secondary N) is 1. The number of hydrogen-bond acceptors (Lipinski definition) is 3. The summed E-state index contributed by atoms with van der Waals surface area (Å²) in [4.78, 5) is 0.210. The van der Waals surface area contributed by atoms with Crippen LogP contribution in [0, 0.1) is 0 Å². The average molecular weight is 414 g/mol. The molecule has 0 heterocycles. The Morgan fingerprint density at radius 1 is 0.929 bits per heavy atom. The third-order valence-electron chi connectivity index (χ3n) is 4.87. The highest BCUT2D eigenvalue weighted by Gasteiger charge is 2.25. The molecule has 3 aromatic carbocycles. The van der Waals surface area contributed by atoms with Crippen LogP contribution in [0.5, 0.6) is 11.5 Å². The molecule has 0 saturated carbocycles. The van der Waals surface area contributed by atoms with E-state index in [4.69, 9.17) is 16.3 Å². The summed E-state index contributed by atoms with van der Waals surface area (Å²) in [5, 5.41) is 0.497. The standard InChI is InChI=1S/C22H20ClNO3S/c23-20-9-3-4-11-22(20)27-17-12-14-18(15-13-17)28(25,26)24-21-10-5-7-16-6-1-2-8-19(16)21/h1-4,6,8-9,11-15,21,24H,5,7,10H2/t21-/m1/s1. The lowest BCUT2D eigenvalue weighted by Gasteiger charge is -2.26. The molecule has 0 amide bonds. The van der Waals surface area contributed by atoms with Gasteiger partial charge in [-0.3, -0.25) is 0 Å². The normalized spacial score (nSPS) is 16.4. The van der Waals surface area contributed by atoms with Crippen molar-refractivity contribution in [2.75, 3.05) is 0 Å². The first kappa shape index (κ1) is 19.0. The number of para-hydroxylation sites is 1. The van der Waals surface area contributed by atoms with Crippen molar-refractivity contribution in [2.24, 2.45) is 0 Å². The number of fused-ring (bicyclic) bond motifs is 1. The molecule has 0 saturated heterocycles. The zero-order valence-electron chi connectivity index (χ0n) is 15.1. The first-order valence-corrected chi connectivity index (χ1v) is 11.0. The highest BCUT2D eigenvalue weighted by Crippen LogP contribution is 2.32. The van der Waals surface area contributed by atoms with Gasteiger partial charge in [0.1, 0.15) is 11.5 Å². The molecule has 3 aromatic rings. The van der Waals surface area contributed by atoms with E-state index in [0.29, 0.717) is 16.5 Å². The summed E-state index contributed by atoms with van der Waals surface area (Å²) in [5.74, 6) is 1.05. The molecule has 0 unspecified atom stereocenters. The number of hydrogen-bond donors (Lipinski definition) is 1. The lowest BCUT2D eigenvalue weighted by molar-refractivity contribution is 0.482. The van der Waals surface area contributed by atoms with Gasteiger partial charge in [0, 0.05) is 6.04 Å². The molecular weight excluding hydrogens is 394 g/mol. The summed E-state index contributed by atoms with van der Waals surface area (Å²) in [5.41, 5.74) is 2.28. The van der Waals surface area contributed by atoms with Crippen molar-refractivity contribution >= 4 is 21.6 Å². The maximum atomic E-state index is 12.9.